The molecule has 6 rings (SSSR count). The van der Waals surface area contributed by atoms with Crippen molar-refractivity contribution in [1.82, 2.24) is 40.4 Å². The molecule has 4 N–H and O–H groups in total. The van der Waals surface area contributed by atoms with E-state index in [0.717, 1.165) is 84.1 Å². The van der Waals surface area contributed by atoms with E-state index in [4.69, 9.17) is 9.97 Å². The minimum atomic E-state index is -0.760. The molecule has 0 bridgehead atoms. The Labute approximate surface area is 315 Å². The van der Waals surface area contributed by atoms with Crippen LogP contribution in [0.2, 0.25) is 0 Å². The van der Waals surface area contributed by atoms with Gasteiger partial charge in [-0.15, -0.1) is 0 Å². The van der Waals surface area contributed by atoms with E-state index >= 15 is 0 Å². The summed E-state index contributed by atoms with van der Waals surface area (Å²) in [7, 11) is 2.49. The van der Waals surface area contributed by atoms with E-state index in [9.17, 15) is 19.2 Å². The zero-order valence-electron chi connectivity index (χ0n) is 31.7. The van der Waals surface area contributed by atoms with Crippen LogP contribution in [-0.2, 0) is 19.1 Å². The van der Waals surface area contributed by atoms with Crippen LogP contribution in [0.15, 0.2) is 60.9 Å². The van der Waals surface area contributed by atoms with E-state index < -0.39 is 24.3 Å². The largest absolute Gasteiger partial charge is 0.453 e. The van der Waals surface area contributed by atoms with Crippen molar-refractivity contribution in [2.75, 3.05) is 27.3 Å². The highest BCUT2D eigenvalue weighted by molar-refractivity contribution is 5.95. The maximum Gasteiger partial charge on any atom is 0.413 e. The molecule has 2 saturated heterocycles. The van der Waals surface area contributed by atoms with Crippen LogP contribution >= 0.6 is 0 Å². The lowest BCUT2D eigenvalue weighted by Gasteiger charge is -2.33. The van der Waals surface area contributed by atoms with Gasteiger partial charge in [-0.2, -0.15) is 0 Å². The van der Waals surface area contributed by atoms with Gasteiger partial charge in [0, 0.05) is 0 Å². The van der Waals surface area contributed by atoms with Gasteiger partial charge in [0.25, 0.3) is 0 Å². The number of imidazole rings is 2. The number of imide groups is 2. The van der Waals surface area contributed by atoms with Gasteiger partial charge in [0.05, 0.1) is 62.2 Å². The fourth-order valence-corrected chi connectivity index (χ4v) is 7.94. The van der Waals surface area contributed by atoms with Crippen molar-refractivity contribution in [1.29, 1.82) is 0 Å². The molecule has 4 atom stereocenters. The van der Waals surface area contributed by atoms with Crippen LogP contribution in [0.4, 0.5) is 9.59 Å². The van der Waals surface area contributed by atoms with Gasteiger partial charge >= 0.3 is 12.2 Å². The number of carbonyl (C=O) groups excluding carboxylic acids is 4. The lowest BCUT2D eigenvalue weighted by atomic mass is 10.0. The third-order valence-electron chi connectivity index (χ3n) is 10.5. The van der Waals surface area contributed by atoms with Gasteiger partial charge in [-0.3, -0.25) is 30.0 Å². The maximum atomic E-state index is 13.0. The average molecular weight is 739 g/mol. The van der Waals surface area contributed by atoms with Gasteiger partial charge in [-0.25, -0.2) is 19.6 Å². The zero-order valence-corrected chi connectivity index (χ0v) is 31.7. The normalized spacial score (nSPS) is 18.8. The van der Waals surface area contributed by atoms with Gasteiger partial charge in [-0.1, -0.05) is 76.2 Å². The molecule has 0 spiro atoms. The first-order valence-corrected chi connectivity index (χ1v) is 18.6. The van der Waals surface area contributed by atoms with Gasteiger partial charge < -0.3 is 19.4 Å². The molecule has 2 aromatic heterocycles. The van der Waals surface area contributed by atoms with Crippen LogP contribution in [0.5, 0.6) is 0 Å². The zero-order chi connectivity index (χ0) is 38.5. The topological polar surface area (TPSA) is 175 Å². The summed E-state index contributed by atoms with van der Waals surface area (Å²) in [5.74, 6) is 0.810. The number of nitrogens with one attached hydrogen (secondary N) is 4. The Morgan fingerprint density at radius 3 is 1.31 bits per heavy atom. The molecule has 2 aliphatic rings. The monoisotopic (exact) mass is 738 g/mol. The second-order valence-electron chi connectivity index (χ2n) is 14.7. The third-order valence-corrected chi connectivity index (χ3v) is 10.5. The van der Waals surface area contributed by atoms with Crippen LogP contribution in [0.3, 0.4) is 0 Å². The van der Waals surface area contributed by atoms with Crippen molar-refractivity contribution in [3.63, 3.8) is 0 Å². The fraction of sp³-hybridized carbons (Fsp3) is 0.450. The number of rotatable bonds is 11. The van der Waals surface area contributed by atoms with Gasteiger partial charge in [0.15, 0.2) is 0 Å². The summed E-state index contributed by atoms with van der Waals surface area (Å²) in [6, 6.07) is 15.5. The van der Waals surface area contributed by atoms with E-state index in [1.165, 1.54) is 14.2 Å². The number of likely N-dealkylation sites (tertiary alicyclic amines) is 2. The highest BCUT2D eigenvalue weighted by Crippen LogP contribution is 2.37. The number of amides is 4. The molecule has 0 saturated carbocycles. The van der Waals surface area contributed by atoms with Crippen molar-refractivity contribution in [2.45, 2.75) is 77.5 Å². The molecule has 2 aliphatic heterocycles. The van der Waals surface area contributed by atoms with E-state index in [1.54, 1.807) is 0 Å². The van der Waals surface area contributed by atoms with Crippen molar-refractivity contribution in [3.8, 4) is 33.6 Å². The lowest BCUT2D eigenvalue weighted by Crippen LogP contribution is -2.51. The number of carbonyl (C=O) groups is 4. The smallest absolute Gasteiger partial charge is 0.413 e. The summed E-state index contributed by atoms with van der Waals surface area (Å²) < 4.78 is 9.30. The van der Waals surface area contributed by atoms with Crippen LogP contribution in [0, 0.1) is 11.8 Å². The molecule has 0 radical (unpaired) electrons. The number of H-pyrrole nitrogens is 2. The number of hydrogen-bond donors (Lipinski definition) is 4. The number of alkyl carbamates (subject to hydrolysis) is 2. The first-order chi connectivity index (χ1) is 26.0. The molecule has 2 fully saturated rings. The molecule has 4 aromatic rings. The number of hydrogen-bond acceptors (Lipinski definition) is 10. The molecule has 14 heteroatoms. The average Bonchev–Trinajstić information content (AvgIpc) is 3.99. The van der Waals surface area contributed by atoms with E-state index in [0.29, 0.717) is 0 Å². The Kier molecular flexibility index (Phi) is 11.9. The number of aromatic amines is 2. The van der Waals surface area contributed by atoms with E-state index in [1.807, 2.05) is 40.1 Å². The van der Waals surface area contributed by atoms with Crippen molar-refractivity contribution >= 4 is 24.0 Å². The maximum absolute atomic E-state index is 13.0. The molecule has 2 aromatic carbocycles. The second-order valence-corrected chi connectivity index (χ2v) is 14.7. The first kappa shape index (κ1) is 38.4. The quantitative estimate of drug-likeness (QED) is 0.138. The van der Waals surface area contributed by atoms with Gasteiger partial charge in [0.2, 0.25) is 11.8 Å². The molecule has 0 unspecified atom stereocenters. The molecule has 4 heterocycles. The Hall–Kier alpha value is -5.34. The highest BCUT2D eigenvalue weighted by Gasteiger charge is 2.40. The molecule has 4 amide bonds. The molecule has 54 heavy (non-hydrogen) atoms. The van der Waals surface area contributed by atoms with Gasteiger partial charge in [-0.05, 0) is 72.9 Å². The van der Waals surface area contributed by atoms with E-state index in [2.05, 4.69) is 88.4 Å². The van der Waals surface area contributed by atoms with Crippen LogP contribution in [-0.4, -0.2) is 93.1 Å². The SMILES string of the molecule is COC(=O)NC(=O)[C@H](C(C)C)N1CCC[C@H]1c1ncc(-c2ccc(-c3ccc(-c4cnc([C@@H]5CCCN5[C@H](C(=O)NC(=O)OC)C(C)C)[nH]4)cc3)cc2)[nH]1. The standard InChI is InChI=1S/C40H50N8O6/c1-23(2)33(37(49)45-39(51)53-5)47-19-7-9-31(47)35-41-21-29(43-35)27-15-11-25(12-16-27)26-13-17-28(18-14-26)30-22-42-36(44-30)32-10-8-20-48(32)34(24(3)4)38(50)46-40(52)54-6/h11-18,21-24,31-34H,7-10,19-20H2,1-6H3,(H,41,43)(H,42,44)(H,45,49,51)(H,46,50,52)/t31-,32-,33-,34-/m0/s1. The molecule has 286 valence electrons. The lowest BCUT2D eigenvalue weighted by molar-refractivity contribution is -0.128. The number of nitrogens with zero attached hydrogens (tertiary/aromatic N) is 4. The summed E-state index contributed by atoms with van der Waals surface area (Å²) in [4.78, 5) is 70.3. The van der Waals surface area contributed by atoms with Crippen molar-refractivity contribution < 1.29 is 28.7 Å². The third kappa shape index (κ3) is 8.24. The highest BCUT2D eigenvalue weighted by atomic mass is 16.5. The fourth-order valence-electron chi connectivity index (χ4n) is 7.94. The Morgan fingerprint density at radius 2 is 0.981 bits per heavy atom. The summed E-state index contributed by atoms with van der Waals surface area (Å²) in [5, 5.41) is 4.70. The minimum absolute atomic E-state index is 0.0220. The molecular formula is C40H50N8O6. The molecule has 0 aliphatic carbocycles. The Balaban J connectivity index is 1.12. The summed E-state index contributed by atoms with van der Waals surface area (Å²) >= 11 is 0. The number of aromatic nitrogens is 4. The summed E-state index contributed by atoms with van der Waals surface area (Å²) in [5.41, 5.74) is 5.91. The first-order valence-electron chi connectivity index (χ1n) is 18.6. The van der Waals surface area contributed by atoms with Crippen LogP contribution in [0.25, 0.3) is 33.6 Å². The Morgan fingerprint density at radius 1 is 0.630 bits per heavy atom. The second kappa shape index (κ2) is 16.8. The number of benzene rings is 2. The Bertz CT molecular complexity index is 1800. The summed E-state index contributed by atoms with van der Waals surface area (Å²) in [6.45, 7) is 9.35. The van der Waals surface area contributed by atoms with Crippen molar-refractivity contribution in [2.24, 2.45) is 11.8 Å². The molecule has 14 nitrogen and oxygen atoms in total. The molecular weight excluding hydrogens is 688 g/mol. The van der Waals surface area contributed by atoms with E-state index in [-0.39, 0.29) is 35.7 Å². The van der Waals surface area contributed by atoms with Crippen molar-refractivity contribution in [3.05, 3.63) is 72.6 Å². The minimum Gasteiger partial charge on any atom is -0.453 e. The summed E-state index contributed by atoms with van der Waals surface area (Å²) in [6.07, 6.45) is 5.69. The number of methoxy groups -OCH3 is 2. The van der Waals surface area contributed by atoms with Crippen LogP contribution < -0.4 is 10.6 Å². The predicted octanol–water partition coefficient (Wildman–Crippen LogP) is 6.22. The predicted molar refractivity (Wildman–Crippen MR) is 203 cm³/mol. The van der Waals surface area contributed by atoms with Crippen LogP contribution in [0.1, 0.15) is 77.1 Å². The van der Waals surface area contributed by atoms with Gasteiger partial charge in [0.1, 0.15) is 11.6 Å². The number of ether oxygens (including phenoxy) is 2.